The maximum absolute atomic E-state index is 12.4. The molecule has 144 valence electrons. The van der Waals surface area contributed by atoms with Gasteiger partial charge in [-0.1, -0.05) is 62.7 Å². The summed E-state index contributed by atoms with van der Waals surface area (Å²) < 4.78 is 0. The zero-order chi connectivity index (χ0) is 19.4. The molecule has 1 aromatic rings. The van der Waals surface area contributed by atoms with Gasteiger partial charge in [0.05, 0.1) is 17.8 Å². The molecule has 2 aliphatic rings. The lowest BCUT2D eigenvalue weighted by Crippen LogP contribution is -2.54. The zero-order valence-corrected chi connectivity index (χ0v) is 16.6. The summed E-state index contributed by atoms with van der Waals surface area (Å²) in [5, 5.41) is 2.82. The van der Waals surface area contributed by atoms with Gasteiger partial charge in [0.25, 0.3) is 5.24 Å². The van der Waals surface area contributed by atoms with Crippen LogP contribution in [0.3, 0.4) is 0 Å². The van der Waals surface area contributed by atoms with E-state index in [-0.39, 0.29) is 34.9 Å². The Morgan fingerprint density at radius 3 is 2.52 bits per heavy atom. The lowest BCUT2D eigenvalue weighted by atomic mass is 9.89. The van der Waals surface area contributed by atoms with Crippen LogP contribution in [0.4, 0.5) is 4.79 Å². The second-order valence-corrected chi connectivity index (χ2v) is 8.37. The van der Waals surface area contributed by atoms with Gasteiger partial charge in [0.1, 0.15) is 0 Å². The van der Waals surface area contributed by atoms with Gasteiger partial charge in [0.2, 0.25) is 11.8 Å². The van der Waals surface area contributed by atoms with E-state index in [2.05, 4.69) is 31.3 Å². The van der Waals surface area contributed by atoms with E-state index < -0.39 is 0 Å². The predicted octanol–water partition coefficient (Wildman–Crippen LogP) is 3.95. The highest BCUT2D eigenvalue weighted by molar-refractivity contribution is 8.14. The number of thioether (sulfide) groups is 1. The van der Waals surface area contributed by atoms with E-state index in [4.69, 9.17) is 0 Å². The van der Waals surface area contributed by atoms with Crippen molar-refractivity contribution in [3.63, 3.8) is 0 Å². The maximum Gasteiger partial charge on any atom is 0.289 e. The molecule has 1 aliphatic heterocycles. The van der Waals surface area contributed by atoms with E-state index in [1.54, 1.807) is 6.08 Å². The van der Waals surface area contributed by atoms with Gasteiger partial charge in [-0.25, -0.2) is 0 Å². The van der Waals surface area contributed by atoms with Crippen molar-refractivity contribution in [3.05, 3.63) is 41.5 Å². The lowest BCUT2D eigenvalue weighted by Gasteiger charge is -2.36. The Morgan fingerprint density at radius 1 is 1.19 bits per heavy atom. The first-order valence-corrected chi connectivity index (χ1v) is 10.5. The van der Waals surface area contributed by atoms with Crippen molar-refractivity contribution in [2.24, 2.45) is 0 Å². The van der Waals surface area contributed by atoms with Gasteiger partial charge in [-0.3, -0.25) is 19.3 Å². The number of carbonyl (C=O) groups is 3. The fourth-order valence-electron chi connectivity index (χ4n) is 3.67. The van der Waals surface area contributed by atoms with E-state index >= 15 is 0 Å². The molecule has 0 bridgehead atoms. The molecule has 1 N–H and O–H groups in total. The fourth-order valence-corrected chi connectivity index (χ4v) is 4.43. The molecule has 2 fully saturated rings. The van der Waals surface area contributed by atoms with E-state index in [9.17, 15) is 14.4 Å². The van der Waals surface area contributed by atoms with Gasteiger partial charge < -0.3 is 5.32 Å². The summed E-state index contributed by atoms with van der Waals surface area (Å²) in [6, 6.07) is 7.74. The van der Waals surface area contributed by atoms with Crippen LogP contribution in [0.25, 0.3) is 6.08 Å². The number of rotatable bonds is 5. The van der Waals surface area contributed by atoms with Crippen LogP contribution in [0.5, 0.6) is 0 Å². The molecule has 0 radical (unpaired) electrons. The molecule has 0 aromatic heterocycles. The molecule has 6 heteroatoms. The first-order valence-electron chi connectivity index (χ1n) is 9.53. The normalized spacial score (nSPS) is 23.4. The Kier molecular flexibility index (Phi) is 6.37. The van der Waals surface area contributed by atoms with Crippen molar-refractivity contribution in [1.82, 2.24) is 10.2 Å². The molecule has 1 saturated heterocycles. The highest BCUT2D eigenvalue weighted by Crippen LogP contribution is 2.30. The number of hydrogen-bond acceptors (Lipinski definition) is 4. The molecule has 27 heavy (non-hydrogen) atoms. The Morgan fingerprint density at radius 2 is 1.89 bits per heavy atom. The molecule has 1 aliphatic carbocycles. The second-order valence-electron chi connectivity index (χ2n) is 7.44. The van der Waals surface area contributed by atoms with Gasteiger partial charge in [-0.2, -0.15) is 0 Å². The summed E-state index contributed by atoms with van der Waals surface area (Å²) >= 11 is 1.05. The minimum Gasteiger partial charge on any atom is -0.348 e. The molecule has 1 saturated carbocycles. The SMILES string of the molecule is CC(C)c1ccc(/C=C/C(=O)N[C@H]2CCCC[C@@H]2N2C(=O)CSC2=O)cc1. The summed E-state index contributed by atoms with van der Waals surface area (Å²) in [6.45, 7) is 4.29. The smallest absolute Gasteiger partial charge is 0.289 e. The molecule has 0 unspecified atom stereocenters. The topological polar surface area (TPSA) is 66.5 Å². The van der Waals surface area contributed by atoms with Crippen molar-refractivity contribution >= 4 is 34.9 Å². The minimum absolute atomic E-state index is 0.142. The van der Waals surface area contributed by atoms with Crippen LogP contribution >= 0.6 is 11.8 Å². The number of imide groups is 1. The molecule has 0 spiro atoms. The van der Waals surface area contributed by atoms with Crippen molar-refractivity contribution in [2.75, 3.05) is 5.75 Å². The number of carbonyl (C=O) groups excluding carboxylic acids is 3. The lowest BCUT2D eigenvalue weighted by molar-refractivity contribution is -0.128. The molecule has 5 nitrogen and oxygen atoms in total. The van der Waals surface area contributed by atoms with Crippen LogP contribution in [0.15, 0.2) is 30.3 Å². The van der Waals surface area contributed by atoms with Crippen LogP contribution in [-0.4, -0.2) is 39.8 Å². The fraction of sp³-hybridized carbons (Fsp3) is 0.476. The summed E-state index contributed by atoms with van der Waals surface area (Å²) in [5.74, 6) is 0.356. The van der Waals surface area contributed by atoms with Crippen molar-refractivity contribution in [3.8, 4) is 0 Å². The van der Waals surface area contributed by atoms with E-state index in [0.717, 1.165) is 43.0 Å². The molecule has 3 rings (SSSR count). The van der Waals surface area contributed by atoms with Crippen LogP contribution in [0.2, 0.25) is 0 Å². The number of benzene rings is 1. The Bertz CT molecular complexity index is 726. The average Bonchev–Trinajstić information content (AvgIpc) is 2.99. The maximum atomic E-state index is 12.4. The number of nitrogens with zero attached hydrogens (tertiary/aromatic N) is 1. The average molecular weight is 387 g/mol. The summed E-state index contributed by atoms with van der Waals surface area (Å²) in [4.78, 5) is 37.9. The van der Waals surface area contributed by atoms with Gasteiger partial charge in [0, 0.05) is 6.08 Å². The Balaban J connectivity index is 1.63. The predicted molar refractivity (Wildman–Crippen MR) is 108 cm³/mol. The largest absolute Gasteiger partial charge is 0.348 e. The van der Waals surface area contributed by atoms with Crippen molar-refractivity contribution in [1.29, 1.82) is 0 Å². The summed E-state index contributed by atoms with van der Waals surface area (Å²) in [5.41, 5.74) is 2.23. The highest BCUT2D eigenvalue weighted by atomic mass is 32.2. The molecule has 3 amide bonds. The molecule has 2 atom stereocenters. The highest BCUT2D eigenvalue weighted by Gasteiger charge is 2.40. The number of nitrogens with one attached hydrogen (secondary N) is 1. The van der Waals surface area contributed by atoms with Crippen LogP contribution in [0.1, 0.15) is 56.6 Å². The third kappa shape index (κ3) is 4.80. The second kappa shape index (κ2) is 8.74. The standard InChI is InChI=1S/C21H26N2O3S/c1-14(2)16-10-7-15(8-11-16)9-12-19(24)22-17-5-3-4-6-18(17)23-20(25)13-27-21(23)26/h7-12,14,17-18H,3-6,13H2,1-2H3,(H,22,24)/b12-9+/t17-,18-/m0/s1. The van der Waals surface area contributed by atoms with E-state index in [1.165, 1.54) is 16.5 Å². The molecular formula is C21H26N2O3S. The monoisotopic (exact) mass is 386 g/mol. The first-order chi connectivity index (χ1) is 13.0. The summed E-state index contributed by atoms with van der Waals surface area (Å²) in [6.07, 6.45) is 6.82. The van der Waals surface area contributed by atoms with E-state index in [0.29, 0.717) is 5.92 Å². The molecule has 1 heterocycles. The van der Waals surface area contributed by atoms with Gasteiger partial charge in [0.15, 0.2) is 0 Å². The van der Waals surface area contributed by atoms with Crippen LogP contribution < -0.4 is 5.32 Å². The Labute approximate surface area is 164 Å². The van der Waals surface area contributed by atoms with Gasteiger partial charge in [-0.05, 0) is 36.0 Å². The van der Waals surface area contributed by atoms with Gasteiger partial charge in [-0.15, -0.1) is 0 Å². The zero-order valence-electron chi connectivity index (χ0n) is 15.8. The third-order valence-corrected chi connectivity index (χ3v) is 6.04. The van der Waals surface area contributed by atoms with Crippen molar-refractivity contribution < 1.29 is 14.4 Å². The minimum atomic E-state index is -0.226. The van der Waals surface area contributed by atoms with Crippen LogP contribution in [-0.2, 0) is 9.59 Å². The van der Waals surface area contributed by atoms with Gasteiger partial charge >= 0.3 is 0 Å². The first kappa shape index (κ1) is 19.7. The van der Waals surface area contributed by atoms with E-state index in [1.807, 2.05) is 12.1 Å². The molecule has 1 aromatic carbocycles. The summed E-state index contributed by atoms with van der Waals surface area (Å²) in [7, 11) is 0. The quantitative estimate of drug-likeness (QED) is 0.778. The van der Waals surface area contributed by atoms with Crippen LogP contribution in [0, 0.1) is 0 Å². The van der Waals surface area contributed by atoms with Crippen molar-refractivity contribution in [2.45, 2.75) is 57.5 Å². The number of amides is 3. The number of hydrogen-bond donors (Lipinski definition) is 1. The molecular weight excluding hydrogens is 360 g/mol. The third-order valence-electron chi connectivity index (χ3n) is 5.20. The Hall–Kier alpha value is -2.08.